The van der Waals surface area contributed by atoms with Gasteiger partial charge < -0.3 is 4.57 Å². The Bertz CT molecular complexity index is 516. The van der Waals surface area contributed by atoms with E-state index < -0.39 is 20.4 Å². The second kappa shape index (κ2) is 4.39. The lowest BCUT2D eigenvalue weighted by atomic mass is 10.5. The van der Waals surface area contributed by atoms with Gasteiger partial charge in [0.15, 0.2) is 0 Å². The molecule has 0 aliphatic heterocycles. The zero-order valence-corrected chi connectivity index (χ0v) is 9.20. The minimum absolute atomic E-state index is 0.464. The Hall–Kier alpha value is -1.43. The van der Waals surface area contributed by atoms with Gasteiger partial charge in [0.1, 0.15) is 0 Å². The Labute approximate surface area is 88.0 Å². The summed E-state index contributed by atoms with van der Waals surface area (Å²) in [6.07, 6.45) is 3.51. The van der Waals surface area contributed by atoms with E-state index in [1.165, 1.54) is 17.0 Å². The van der Waals surface area contributed by atoms with Gasteiger partial charge in [-0.1, -0.05) is 13.5 Å². The van der Waals surface area contributed by atoms with Gasteiger partial charge in [-0.15, -0.1) is 0 Å². The third-order valence-corrected chi connectivity index (χ3v) is 3.09. The molecule has 5 nitrogen and oxygen atoms in total. The van der Waals surface area contributed by atoms with Crippen LogP contribution in [-0.4, -0.2) is 18.0 Å². The van der Waals surface area contributed by atoms with Crippen molar-refractivity contribution in [1.82, 2.24) is 9.55 Å². The molecule has 0 aliphatic rings. The van der Waals surface area contributed by atoms with Gasteiger partial charge in [-0.2, -0.15) is 0 Å². The second-order valence-corrected chi connectivity index (χ2v) is 4.75. The Morgan fingerprint density at radius 1 is 1.60 bits per heavy atom. The van der Waals surface area contributed by atoms with Crippen LogP contribution in [0.2, 0.25) is 0 Å². The van der Waals surface area contributed by atoms with Gasteiger partial charge in [0.2, 0.25) is 14.9 Å². The highest BCUT2D eigenvalue weighted by molar-refractivity contribution is 7.94. The lowest BCUT2D eigenvalue weighted by Crippen LogP contribution is -2.26. The van der Waals surface area contributed by atoms with Gasteiger partial charge in [0.25, 0.3) is 5.56 Å². The highest BCUT2D eigenvalue weighted by Crippen LogP contribution is 2.01. The molecule has 82 valence electrons. The van der Waals surface area contributed by atoms with Gasteiger partial charge in [0, 0.05) is 24.3 Å². The first kappa shape index (κ1) is 11.6. The fourth-order valence-electron chi connectivity index (χ4n) is 1.12. The summed E-state index contributed by atoms with van der Waals surface area (Å²) in [4.78, 5) is 15.2. The van der Waals surface area contributed by atoms with Crippen LogP contribution in [-0.2, 0) is 16.4 Å². The van der Waals surface area contributed by atoms with Gasteiger partial charge in [0.05, 0.1) is 0 Å². The van der Waals surface area contributed by atoms with Crippen LogP contribution in [0.4, 0.5) is 0 Å². The molecule has 0 spiro atoms. The summed E-state index contributed by atoms with van der Waals surface area (Å²) in [5.41, 5.74) is -0.598. The first-order chi connectivity index (χ1) is 7.03. The summed E-state index contributed by atoms with van der Waals surface area (Å²) < 4.78 is 24.1. The third-order valence-electron chi connectivity index (χ3n) is 1.84. The molecule has 0 aliphatic carbocycles. The van der Waals surface area contributed by atoms with E-state index in [9.17, 15) is 13.2 Å². The largest absolute Gasteiger partial charge is 0.312 e. The van der Waals surface area contributed by atoms with E-state index in [-0.39, 0.29) is 0 Å². The number of sulfone groups is 1. The van der Waals surface area contributed by atoms with Crippen molar-refractivity contribution in [2.75, 3.05) is 0 Å². The molecule has 0 atom stereocenters. The standard InChI is InChI=1S/C9H12N2O3S/c1-3-6-11-7-5-10-8(9(11)12)15(13,14)4-2/h4-5,7H,2-3,6H2,1H3. The van der Waals surface area contributed by atoms with Crippen molar-refractivity contribution >= 4 is 9.84 Å². The van der Waals surface area contributed by atoms with E-state index >= 15 is 0 Å². The number of aromatic nitrogens is 2. The molecule has 0 saturated carbocycles. The zero-order chi connectivity index (χ0) is 11.5. The van der Waals surface area contributed by atoms with Crippen molar-refractivity contribution in [3.8, 4) is 0 Å². The van der Waals surface area contributed by atoms with E-state index in [0.29, 0.717) is 6.54 Å². The Kier molecular flexibility index (Phi) is 3.41. The molecule has 0 N–H and O–H groups in total. The van der Waals surface area contributed by atoms with Crippen molar-refractivity contribution < 1.29 is 8.42 Å². The molecule has 1 heterocycles. The summed E-state index contributed by atoms with van der Waals surface area (Å²) in [5.74, 6) is 0. The van der Waals surface area contributed by atoms with Gasteiger partial charge in [-0.3, -0.25) is 4.79 Å². The Balaban J connectivity index is 3.41. The molecule has 1 aromatic rings. The normalized spacial score (nSPS) is 11.3. The number of aryl methyl sites for hydroxylation is 1. The van der Waals surface area contributed by atoms with E-state index in [4.69, 9.17) is 0 Å². The topological polar surface area (TPSA) is 69.0 Å². The number of hydrogen-bond donors (Lipinski definition) is 0. The van der Waals surface area contributed by atoms with Crippen LogP contribution in [0.25, 0.3) is 0 Å². The molecule has 1 aromatic heterocycles. The maximum absolute atomic E-state index is 11.6. The lowest BCUT2D eigenvalue weighted by molar-refractivity contribution is 0.586. The highest BCUT2D eigenvalue weighted by Gasteiger charge is 2.17. The zero-order valence-electron chi connectivity index (χ0n) is 8.38. The first-order valence-corrected chi connectivity index (χ1v) is 6.00. The smallest absolute Gasteiger partial charge is 0.288 e. The number of nitrogens with zero attached hydrogens (tertiary/aromatic N) is 2. The first-order valence-electron chi connectivity index (χ1n) is 4.46. The quantitative estimate of drug-likeness (QED) is 0.755. The monoisotopic (exact) mass is 228 g/mol. The number of rotatable bonds is 4. The molecule has 6 heteroatoms. The van der Waals surface area contributed by atoms with E-state index in [2.05, 4.69) is 11.6 Å². The maximum Gasteiger partial charge on any atom is 0.288 e. The third kappa shape index (κ3) is 2.33. The second-order valence-electron chi connectivity index (χ2n) is 2.94. The Morgan fingerprint density at radius 2 is 2.27 bits per heavy atom. The molecule has 1 rings (SSSR count). The maximum atomic E-state index is 11.6. The predicted octanol–water partition coefficient (Wildman–Crippen LogP) is 0.570. The van der Waals surface area contributed by atoms with Gasteiger partial charge in [-0.25, -0.2) is 13.4 Å². The summed E-state index contributed by atoms with van der Waals surface area (Å²) in [5, 5.41) is 0.265. The van der Waals surface area contributed by atoms with Crippen molar-refractivity contribution in [3.05, 3.63) is 34.7 Å². The average molecular weight is 228 g/mol. The summed E-state index contributed by atoms with van der Waals surface area (Å²) >= 11 is 0. The molecule has 0 fully saturated rings. The SMILES string of the molecule is C=CS(=O)(=O)c1nccn(CCC)c1=O. The fourth-order valence-corrected chi connectivity index (χ4v) is 1.84. The molecule has 0 radical (unpaired) electrons. The molecule has 0 unspecified atom stereocenters. The summed E-state index contributed by atoms with van der Waals surface area (Å²) in [6, 6.07) is 0. The van der Waals surface area contributed by atoms with E-state index in [1.54, 1.807) is 0 Å². The molecule has 15 heavy (non-hydrogen) atoms. The van der Waals surface area contributed by atoms with Crippen LogP contribution >= 0.6 is 0 Å². The molecule has 0 amide bonds. The van der Waals surface area contributed by atoms with Crippen molar-refractivity contribution in [2.24, 2.45) is 0 Å². The van der Waals surface area contributed by atoms with Crippen LogP contribution in [0.3, 0.4) is 0 Å². The predicted molar refractivity (Wildman–Crippen MR) is 56.2 cm³/mol. The van der Waals surface area contributed by atoms with Crippen LogP contribution in [0.1, 0.15) is 13.3 Å². The highest BCUT2D eigenvalue weighted by atomic mass is 32.2. The van der Waals surface area contributed by atoms with Crippen molar-refractivity contribution in [3.63, 3.8) is 0 Å². The van der Waals surface area contributed by atoms with E-state index in [1.807, 2.05) is 6.92 Å². The Morgan fingerprint density at radius 3 is 2.80 bits per heavy atom. The van der Waals surface area contributed by atoms with Gasteiger partial charge in [-0.05, 0) is 6.42 Å². The fraction of sp³-hybridized carbons (Fsp3) is 0.333. The van der Waals surface area contributed by atoms with Crippen LogP contribution < -0.4 is 5.56 Å². The average Bonchev–Trinajstić information content (AvgIpc) is 2.21. The van der Waals surface area contributed by atoms with Crippen LogP contribution in [0, 0.1) is 0 Å². The summed E-state index contributed by atoms with van der Waals surface area (Å²) in [6.45, 7) is 5.52. The van der Waals surface area contributed by atoms with Crippen LogP contribution in [0.15, 0.2) is 34.2 Å². The molecule has 0 saturated heterocycles. The van der Waals surface area contributed by atoms with E-state index in [0.717, 1.165) is 11.8 Å². The van der Waals surface area contributed by atoms with Gasteiger partial charge >= 0.3 is 0 Å². The van der Waals surface area contributed by atoms with Crippen LogP contribution in [0.5, 0.6) is 0 Å². The molecule has 0 aromatic carbocycles. The minimum Gasteiger partial charge on any atom is -0.312 e. The molecule has 0 bridgehead atoms. The number of hydrogen-bond acceptors (Lipinski definition) is 4. The lowest BCUT2D eigenvalue weighted by Gasteiger charge is -2.04. The van der Waals surface area contributed by atoms with Crippen molar-refractivity contribution in [1.29, 1.82) is 0 Å². The van der Waals surface area contributed by atoms with Crippen molar-refractivity contribution in [2.45, 2.75) is 24.9 Å². The molecular weight excluding hydrogens is 216 g/mol. The summed E-state index contributed by atoms with van der Waals surface area (Å²) in [7, 11) is -3.75. The minimum atomic E-state index is -3.75. The molecular formula is C9H12N2O3S.